The van der Waals surface area contributed by atoms with E-state index in [9.17, 15) is 0 Å². The standard InChI is InChI=1S/C14H15N3O/c1-8-6-10(3)17-11(7-8)16-12(14(17)15)13-9(2)4-5-18-13/h4-7H,15H2,1-3H3. The predicted octanol–water partition coefficient (Wildman–Crippen LogP) is 3.10. The number of aryl methyl sites for hydroxylation is 3. The van der Waals surface area contributed by atoms with Gasteiger partial charge in [-0.05, 0) is 50.1 Å². The number of hydrogen-bond acceptors (Lipinski definition) is 3. The number of furan rings is 1. The molecule has 2 N–H and O–H groups in total. The van der Waals surface area contributed by atoms with Crippen molar-refractivity contribution in [1.29, 1.82) is 0 Å². The molecule has 18 heavy (non-hydrogen) atoms. The van der Waals surface area contributed by atoms with Gasteiger partial charge in [0, 0.05) is 5.69 Å². The van der Waals surface area contributed by atoms with Gasteiger partial charge in [-0.3, -0.25) is 4.40 Å². The Labute approximate surface area is 105 Å². The average Bonchev–Trinajstić information content (AvgIpc) is 2.82. The van der Waals surface area contributed by atoms with Gasteiger partial charge in [0.2, 0.25) is 0 Å². The molecule has 0 atom stereocenters. The van der Waals surface area contributed by atoms with Crippen molar-refractivity contribution in [1.82, 2.24) is 9.38 Å². The van der Waals surface area contributed by atoms with Crippen LogP contribution in [0.15, 0.2) is 28.9 Å². The number of fused-ring (bicyclic) bond motifs is 1. The Morgan fingerprint density at radius 1 is 1.22 bits per heavy atom. The molecular formula is C14H15N3O. The Morgan fingerprint density at radius 2 is 2.00 bits per heavy atom. The fourth-order valence-electron chi connectivity index (χ4n) is 2.34. The molecule has 92 valence electrons. The molecule has 0 aliphatic rings. The fraction of sp³-hybridized carbons (Fsp3) is 0.214. The van der Waals surface area contributed by atoms with Crippen LogP contribution in [0.5, 0.6) is 0 Å². The zero-order valence-electron chi connectivity index (χ0n) is 10.7. The van der Waals surface area contributed by atoms with Crippen LogP contribution in [0.4, 0.5) is 5.82 Å². The Kier molecular flexibility index (Phi) is 2.20. The molecule has 0 bridgehead atoms. The molecule has 0 saturated carbocycles. The van der Waals surface area contributed by atoms with Crippen molar-refractivity contribution >= 4 is 11.5 Å². The van der Waals surface area contributed by atoms with E-state index in [0.29, 0.717) is 11.5 Å². The first kappa shape index (κ1) is 10.9. The van der Waals surface area contributed by atoms with Gasteiger partial charge in [-0.2, -0.15) is 0 Å². The molecule has 3 rings (SSSR count). The lowest BCUT2D eigenvalue weighted by molar-refractivity contribution is 0.579. The highest BCUT2D eigenvalue weighted by Crippen LogP contribution is 2.30. The molecule has 0 saturated heterocycles. The molecule has 0 aliphatic carbocycles. The van der Waals surface area contributed by atoms with E-state index in [1.54, 1.807) is 6.26 Å². The van der Waals surface area contributed by atoms with E-state index in [1.165, 1.54) is 5.56 Å². The summed E-state index contributed by atoms with van der Waals surface area (Å²) in [6.07, 6.45) is 1.66. The van der Waals surface area contributed by atoms with Crippen LogP contribution in [-0.2, 0) is 0 Å². The SMILES string of the molecule is Cc1cc(C)n2c(N)c(-c3occc3C)nc2c1. The van der Waals surface area contributed by atoms with Crippen LogP contribution in [0, 0.1) is 20.8 Å². The van der Waals surface area contributed by atoms with Crippen molar-refractivity contribution < 1.29 is 4.42 Å². The van der Waals surface area contributed by atoms with Crippen LogP contribution in [0.1, 0.15) is 16.8 Å². The van der Waals surface area contributed by atoms with Crippen molar-refractivity contribution in [2.75, 3.05) is 5.73 Å². The first-order chi connectivity index (χ1) is 8.58. The molecular weight excluding hydrogens is 226 g/mol. The molecule has 3 heterocycles. The summed E-state index contributed by atoms with van der Waals surface area (Å²) >= 11 is 0. The third-order valence-corrected chi connectivity index (χ3v) is 3.16. The van der Waals surface area contributed by atoms with E-state index in [1.807, 2.05) is 30.4 Å². The monoisotopic (exact) mass is 241 g/mol. The fourth-order valence-corrected chi connectivity index (χ4v) is 2.34. The third kappa shape index (κ3) is 1.42. The molecule has 0 aromatic carbocycles. The average molecular weight is 241 g/mol. The van der Waals surface area contributed by atoms with E-state index < -0.39 is 0 Å². The first-order valence-electron chi connectivity index (χ1n) is 5.87. The van der Waals surface area contributed by atoms with Gasteiger partial charge in [0.05, 0.1) is 6.26 Å². The van der Waals surface area contributed by atoms with Crippen LogP contribution in [0.3, 0.4) is 0 Å². The molecule has 0 fully saturated rings. The van der Waals surface area contributed by atoms with Gasteiger partial charge in [0.15, 0.2) is 5.76 Å². The summed E-state index contributed by atoms with van der Waals surface area (Å²) in [5, 5.41) is 0. The normalized spacial score (nSPS) is 11.3. The zero-order valence-corrected chi connectivity index (χ0v) is 10.7. The second kappa shape index (κ2) is 3.63. The summed E-state index contributed by atoms with van der Waals surface area (Å²) in [4.78, 5) is 4.58. The van der Waals surface area contributed by atoms with Gasteiger partial charge >= 0.3 is 0 Å². The number of aromatic nitrogens is 2. The summed E-state index contributed by atoms with van der Waals surface area (Å²) in [6, 6.07) is 6.02. The Bertz CT molecular complexity index is 737. The predicted molar refractivity (Wildman–Crippen MR) is 71.5 cm³/mol. The molecule has 3 aromatic rings. The zero-order chi connectivity index (χ0) is 12.9. The maximum absolute atomic E-state index is 6.19. The van der Waals surface area contributed by atoms with Crippen molar-refractivity contribution in [3.63, 3.8) is 0 Å². The maximum atomic E-state index is 6.19. The van der Waals surface area contributed by atoms with Gasteiger partial charge in [0.1, 0.15) is 17.2 Å². The van der Waals surface area contributed by atoms with Gasteiger partial charge < -0.3 is 10.2 Å². The summed E-state index contributed by atoms with van der Waals surface area (Å²) in [5.74, 6) is 1.37. The highest BCUT2D eigenvalue weighted by molar-refractivity contribution is 5.74. The van der Waals surface area contributed by atoms with Crippen molar-refractivity contribution in [2.24, 2.45) is 0 Å². The topological polar surface area (TPSA) is 56.5 Å². The molecule has 0 spiro atoms. The number of nitrogen functional groups attached to an aromatic ring is 1. The van der Waals surface area contributed by atoms with Crippen molar-refractivity contribution in [3.8, 4) is 11.5 Å². The molecule has 0 amide bonds. The van der Waals surface area contributed by atoms with Crippen LogP contribution in [-0.4, -0.2) is 9.38 Å². The molecule has 0 radical (unpaired) electrons. The lowest BCUT2D eigenvalue weighted by Gasteiger charge is -2.03. The number of anilines is 1. The maximum Gasteiger partial charge on any atom is 0.158 e. The number of nitrogens with zero attached hydrogens (tertiary/aromatic N) is 2. The molecule has 4 nitrogen and oxygen atoms in total. The number of hydrogen-bond donors (Lipinski definition) is 1. The number of pyridine rings is 1. The van der Waals surface area contributed by atoms with Gasteiger partial charge in [-0.1, -0.05) is 0 Å². The molecule has 4 heteroatoms. The summed E-state index contributed by atoms with van der Waals surface area (Å²) in [7, 11) is 0. The lowest BCUT2D eigenvalue weighted by atomic mass is 10.2. The van der Waals surface area contributed by atoms with Crippen LogP contribution < -0.4 is 5.73 Å². The number of imidazole rings is 1. The molecule has 3 aromatic heterocycles. The minimum absolute atomic E-state index is 0.626. The summed E-state index contributed by atoms with van der Waals surface area (Å²) in [5.41, 5.74) is 11.1. The van der Waals surface area contributed by atoms with Crippen molar-refractivity contribution in [2.45, 2.75) is 20.8 Å². The Hall–Kier alpha value is -2.23. The summed E-state index contributed by atoms with van der Waals surface area (Å²) in [6.45, 7) is 6.06. The van der Waals surface area contributed by atoms with Gasteiger partial charge in [0.25, 0.3) is 0 Å². The van der Waals surface area contributed by atoms with Crippen LogP contribution in [0.2, 0.25) is 0 Å². The molecule has 0 aliphatic heterocycles. The van der Waals surface area contributed by atoms with Crippen LogP contribution in [0.25, 0.3) is 17.1 Å². The van der Waals surface area contributed by atoms with E-state index >= 15 is 0 Å². The highest BCUT2D eigenvalue weighted by atomic mass is 16.3. The summed E-state index contributed by atoms with van der Waals surface area (Å²) < 4.78 is 7.42. The second-order valence-corrected chi connectivity index (χ2v) is 4.65. The minimum Gasteiger partial charge on any atom is -0.462 e. The smallest absolute Gasteiger partial charge is 0.158 e. The van der Waals surface area contributed by atoms with E-state index in [0.717, 1.165) is 22.7 Å². The highest BCUT2D eigenvalue weighted by Gasteiger charge is 2.17. The van der Waals surface area contributed by atoms with Gasteiger partial charge in [-0.15, -0.1) is 0 Å². The second-order valence-electron chi connectivity index (χ2n) is 4.65. The van der Waals surface area contributed by atoms with Crippen LogP contribution >= 0.6 is 0 Å². The van der Waals surface area contributed by atoms with Crippen molar-refractivity contribution in [3.05, 3.63) is 41.3 Å². The van der Waals surface area contributed by atoms with E-state index in [-0.39, 0.29) is 0 Å². The number of nitrogens with two attached hydrogens (primary N) is 1. The minimum atomic E-state index is 0.626. The largest absolute Gasteiger partial charge is 0.462 e. The molecule has 0 unspecified atom stereocenters. The van der Waals surface area contributed by atoms with E-state index in [2.05, 4.69) is 18.0 Å². The Balaban J connectivity index is 2.36. The van der Waals surface area contributed by atoms with Gasteiger partial charge in [-0.25, -0.2) is 4.98 Å². The Morgan fingerprint density at radius 3 is 2.67 bits per heavy atom. The number of rotatable bonds is 1. The lowest BCUT2D eigenvalue weighted by Crippen LogP contribution is -1.98. The van der Waals surface area contributed by atoms with E-state index in [4.69, 9.17) is 10.2 Å². The quantitative estimate of drug-likeness (QED) is 0.712. The third-order valence-electron chi connectivity index (χ3n) is 3.16. The first-order valence-corrected chi connectivity index (χ1v) is 5.87.